The van der Waals surface area contributed by atoms with Crippen LogP contribution in [0.2, 0.25) is 0 Å². The summed E-state index contributed by atoms with van der Waals surface area (Å²) < 4.78 is 31.9. The van der Waals surface area contributed by atoms with Gasteiger partial charge in [0.2, 0.25) is 5.91 Å². The van der Waals surface area contributed by atoms with Crippen LogP contribution in [0.25, 0.3) is 0 Å². The summed E-state index contributed by atoms with van der Waals surface area (Å²) in [5, 5.41) is 15.2. The summed E-state index contributed by atoms with van der Waals surface area (Å²) in [6, 6.07) is 11.0. The number of amides is 2. The second kappa shape index (κ2) is 11.3. The van der Waals surface area contributed by atoms with E-state index in [2.05, 4.69) is 10.6 Å². The van der Waals surface area contributed by atoms with Crippen LogP contribution in [0.1, 0.15) is 37.5 Å². The van der Waals surface area contributed by atoms with Crippen LogP contribution < -0.4 is 10.6 Å². The van der Waals surface area contributed by atoms with Crippen LogP contribution in [0.15, 0.2) is 48.5 Å². The molecule has 3 atom stereocenters. The molecule has 2 aromatic carbocycles. The van der Waals surface area contributed by atoms with Crippen molar-refractivity contribution in [3.8, 4) is 0 Å². The smallest absolute Gasteiger partial charge is 0.408 e. The van der Waals surface area contributed by atoms with Crippen LogP contribution in [0.3, 0.4) is 0 Å². The summed E-state index contributed by atoms with van der Waals surface area (Å²) in [5.41, 5.74) is 0.675. The van der Waals surface area contributed by atoms with Crippen molar-refractivity contribution in [2.45, 2.75) is 39.0 Å². The maximum absolute atomic E-state index is 13.8. The first kappa shape index (κ1) is 23.3. The Morgan fingerprint density at radius 3 is 2.47 bits per heavy atom. The summed E-state index contributed by atoms with van der Waals surface area (Å²) in [4.78, 5) is 24.7. The normalized spacial score (nSPS) is 13.8. The minimum absolute atomic E-state index is 0.0596. The fourth-order valence-corrected chi connectivity index (χ4v) is 2.78. The highest BCUT2D eigenvalue weighted by Crippen LogP contribution is 2.18. The monoisotopic (exact) mass is 420 g/mol. The molecule has 0 spiro atoms. The van der Waals surface area contributed by atoms with Crippen molar-refractivity contribution >= 4 is 12.0 Å². The van der Waals surface area contributed by atoms with Crippen LogP contribution in [0.5, 0.6) is 0 Å². The summed E-state index contributed by atoms with van der Waals surface area (Å²) >= 11 is 0. The number of halogens is 2. The van der Waals surface area contributed by atoms with Gasteiger partial charge >= 0.3 is 6.09 Å². The number of hydrogen-bond donors (Lipinski definition) is 3. The molecule has 0 heterocycles. The Hall–Kier alpha value is -3.00. The topological polar surface area (TPSA) is 87.7 Å². The summed E-state index contributed by atoms with van der Waals surface area (Å²) in [5.74, 6) is -2.42. The number of alkyl carbamates (subject to hydrolysis) is 1. The summed E-state index contributed by atoms with van der Waals surface area (Å²) in [6.45, 7) is 3.42. The van der Waals surface area contributed by atoms with E-state index in [4.69, 9.17) is 4.74 Å². The molecule has 2 aromatic rings. The van der Waals surface area contributed by atoms with Gasteiger partial charge in [0.1, 0.15) is 24.3 Å². The van der Waals surface area contributed by atoms with Crippen LogP contribution >= 0.6 is 0 Å². The Balaban J connectivity index is 1.93. The van der Waals surface area contributed by atoms with Gasteiger partial charge in [-0.2, -0.15) is 0 Å². The van der Waals surface area contributed by atoms with E-state index in [1.54, 1.807) is 6.92 Å². The van der Waals surface area contributed by atoms with Crippen molar-refractivity contribution in [2.24, 2.45) is 5.92 Å². The fraction of sp³-hybridized carbons (Fsp3) is 0.364. The quantitative estimate of drug-likeness (QED) is 0.580. The number of aliphatic hydroxyl groups excluding tert-OH is 1. The molecule has 0 fully saturated rings. The molecule has 0 radical (unpaired) electrons. The molecule has 30 heavy (non-hydrogen) atoms. The number of benzene rings is 2. The highest BCUT2D eigenvalue weighted by Gasteiger charge is 2.27. The SMILES string of the molecule is CC[C@H](C)[C@H](NC(=O)OCc1ccccc1)C(=O)NCC(O)c1ccc(F)cc1F. The molecule has 162 valence electrons. The van der Waals surface area contributed by atoms with Crippen molar-refractivity contribution in [1.82, 2.24) is 10.6 Å². The highest BCUT2D eigenvalue weighted by molar-refractivity contribution is 5.85. The molecule has 0 saturated heterocycles. The second-order valence-electron chi connectivity index (χ2n) is 7.00. The molecule has 0 aliphatic heterocycles. The molecule has 6 nitrogen and oxygen atoms in total. The van der Waals surface area contributed by atoms with E-state index in [1.807, 2.05) is 37.3 Å². The molecular weight excluding hydrogens is 394 g/mol. The largest absolute Gasteiger partial charge is 0.445 e. The third-order valence-corrected chi connectivity index (χ3v) is 4.77. The molecule has 8 heteroatoms. The van der Waals surface area contributed by atoms with E-state index in [0.29, 0.717) is 12.5 Å². The number of rotatable bonds is 9. The number of carbonyl (C=O) groups excluding carboxylic acids is 2. The van der Waals surface area contributed by atoms with Crippen molar-refractivity contribution < 1.29 is 28.2 Å². The molecule has 0 bridgehead atoms. The average molecular weight is 420 g/mol. The molecule has 0 aliphatic carbocycles. The molecule has 0 saturated carbocycles. The standard InChI is InChI=1S/C22H26F2N2O4/c1-3-14(2)20(26-22(29)30-13-15-7-5-4-6-8-15)21(28)25-12-19(27)17-10-9-16(23)11-18(17)24/h4-11,14,19-20,27H,3,12-13H2,1-2H3,(H,25,28)(H,26,29)/t14-,19?,20-/m0/s1. The number of nitrogens with one attached hydrogen (secondary N) is 2. The van der Waals surface area contributed by atoms with Crippen LogP contribution in [0.4, 0.5) is 13.6 Å². The summed E-state index contributed by atoms with van der Waals surface area (Å²) in [7, 11) is 0. The number of ether oxygens (including phenoxy) is 1. The van der Waals surface area contributed by atoms with Gasteiger partial charge in [0.15, 0.2) is 0 Å². The van der Waals surface area contributed by atoms with Crippen LogP contribution in [-0.2, 0) is 16.1 Å². The Labute approximate surface area is 174 Å². The van der Waals surface area contributed by atoms with Gasteiger partial charge < -0.3 is 20.5 Å². The van der Waals surface area contributed by atoms with Gasteiger partial charge in [0.05, 0.1) is 6.10 Å². The van der Waals surface area contributed by atoms with E-state index in [9.17, 15) is 23.5 Å². The Kier molecular flexibility index (Phi) is 8.73. The first-order chi connectivity index (χ1) is 14.3. The zero-order valence-corrected chi connectivity index (χ0v) is 16.9. The maximum Gasteiger partial charge on any atom is 0.408 e. The predicted octanol–water partition coefficient (Wildman–Crippen LogP) is 3.46. The van der Waals surface area contributed by atoms with Gasteiger partial charge in [0.25, 0.3) is 0 Å². The van der Waals surface area contributed by atoms with Crippen LogP contribution in [0, 0.1) is 17.6 Å². The molecule has 3 N–H and O–H groups in total. The highest BCUT2D eigenvalue weighted by atomic mass is 19.1. The van der Waals surface area contributed by atoms with Crippen molar-refractivity contribution in [1.29, 1.82) is 0 Å². The van der Waals surface area contributed by atoms with Crippen molar-refractivity contribution in [3.05, 3.63) is 71.3 Å². The zero-order chi connectivity index (χ0) is 22.1. The van der Waals surface area contributed by atoms with Gasteiger partial charge in [-0.25, -0.2) is 13.6 Å². The van der Waals surface area contributed by atoms with Gasteiger partial charge in [0, 0.05) is 18.2 Å². The van der Waals surface area contributed by atoms with E-state index in [1.165, 1.54) is 0 Å². The Morgan fingerprint density at radius 1 is 1.13 bits per heavy atom. The minimum Gasteiger partial charge on any atom is -0.445 e. The molecule has 2 amide bonds. The van der Waals surface area contributed by atoms with Crippen molar-refractivity contribution in [2.75, 3.05) is 6.54 Å². The molecular formula is C22H26F2N2O4. The lowest BCUT2D eigenvalue weighted by molar-refractivity contribution is -0.124. The molecule has 0 aliphatic rings. The van der Waals surface area contributed by atoms with Gasteiger partial charge in [-0.1, -0.05) is 56.7 Å². The van der Waals surface area contributed by atoms with Gasteiger partial charge in [-0.05, 0) is 17.5 Å². The second-order valence-corrected chi connectivity index (χ2v) is 7.00. The molecule has 0 aromatic heterocycles. The molecule has 1 unspecified atom stereocenters. The average Bonchev–Trinajstić information content (AvgIpc) is 2.74. The zero-order valence-electron chi connectivity index (χ0n) is 16.9. The predicted molar refractivity (Wildman–Crippen MR) is 107 cm³/mol. The minimum atomic E-state index is -1.36. The third kappa shape index (κ3) is 6.81. The lowest BCUT2D eigenvalue weighted by Gasteiger charge is -2.24. The van der Waals surface area contributed by atoms with E-state index < -0.39 is 35.8 Å². The summed E-state index contributed by atoms with van der Waals surface area (Å²) in [6.07, 6.45) is -1.51. The van der Waals surface area contributed by atoms with E-state index in [0.717, 1.165) is 17.7 Å². The number of hydrogen-bond acceptors (Lipinski definition) is 4. The Morgan fingerprint density at radius 2 is 1.83 bits per heavy atom. The first-order valence-electron chi connectivity index (χ1n) is 9.69. The lowest BCUT2D eigenvalue weighted by Crippen LogP contribution is -2.51. The lowest BCUT2D eigenvalue weighted by atomic mass is 9.98. The van der Waals surface area contributed by atoms with Crippen molar-refractivity contribution in [3.63, 3.8) is 0 Å². The first-order valence-corrected chi connectivity index (χ1v) is 9.69. The molecule has 2 rings (SSSR count). The van der Waals surface area contributed by atoms with Crippen LogP contribution in [-0.4, -0.2) is 29.7 Å². The van der Waals surface area contributed by atoms with E-state index >= 15 is 0 Å². The van der Waals surface area contributed by atoms with Gasteiger partial charge in [-0.15, -0.1) is 0 Å². The number of carbonyl (C=O) groups is 2. The third-order valence-electron chi connectivity index (χ3n) is 4.77. The fourth-order valence-electron chi connectivity index (χ4n) is 2.78. The van der Waals surface area contributed by atoms with Gasteiger partial charge in [-0.3, -0.25) is 4.79 Å². The number of aliphatic hydroxyl groups is 1. The van der Waals surface area contributed by atoms with E-state index in [-0.39, 0.29) is 24.6 Å². The maximum atomic E-state index is 13.8. The Bertz CT molecular complexity index is 848.